The van der Waals surface area contributed by atoms with E-state index in [1.165, 1.54) is 17.7 Å². The van der Waals surface area contributed by atoms with Crippen LogP contribution in [0.25, 0.3) is 0 Å². The van der Waals surface area contributed by atoms with Crippen LogP contribution >= 0.6 is 0 Å². The van der Waals surface area contributed by atoms with Crippen LogP contribution in [0.15, 0.2) is 4.99 Å². The van der Waals surface area contributed by atoms with E-state index in [0.717, 1.165) is 25.7 Å². The number of guanidine groups is 1. The van der Waals surface area contributed by atoms with Gasteiger partial charge < -0.3 is 15.8 Å². The Morgan fingerprint density at radius 1 is 1.17 bits per heavy atom. The fourth-order valence-electron chi connectivity index (χ4n) is 3.18. The zero-order valence-electron chi connectivity index (χ0n) is 13.4. The van der Waals surface area contributed by atoms with Crippen LogP contribution in [0, 0.1) is 0 Å². The van der Waals surface area contributed by atoms with E-state index in [0.29, 0.717) is 13.2 Å². The second-order valence-corrected chi connectivity index (χ2v) is 6.26. The smallest absolute Gasteiger partial charge is 0.379 e. The molecule has 0 aromatic heterocycles. The molecule has 0 aromatic rings. The minimum Gasteiger partial charge on any atom is -0.379 e. The fourth-order valence-corrected chi connectivity index (χ4v) is 3.18. The van der Waals surface area contributed by atoms with Crippen LogP contribution in [0.2, 0.25) is 0 Å². The highest BCUT2D eigenvalue weighted by molar-refractivity contribution is 5.78. The van der Waals surface area contributed by atoms with E-state index < -0.39 is 12.2 Å². The van der Waals surface area contributed by atoms with Gasteiger partial charge in [0.05, 0.1) is 19.8 Å². The molecule has 2 aliphatic rings. The molecule has 8 heteroatoms. The van der Waals surface area contributed by atoms with Crippen molar-refractivity contribution in [2.75, 3.05) is 32.8 Å². The summed E-state index contributed by atoms with van der Waals surface area (Å²) in [5.41, 5.74) is 5.81. The first-order valence-electron chi connectivity index (χ1n) is 8.42. The standard InChI is InChI=1S/C15H27F3N4O/c16-15(17,18)13(22-7-9-23-10-8-22)11-20-14(19)21-12-5-3-1-2-4-6-12/h12-13H,1-11H2,(H3,19,20,21). The number of hydrogen-bond donors (Lipinski definition) is 2. The van der Waals surface area contributed by atoms with Crippen LogP contribution in [-0.4, -0.2) is 62.0 Å². The summed E-state index contributed by atoms with van der Waals surface area (Å²) in [6, 6.07) is -1.37. The van der Waals surface area contributed by atoms with Crippen molar-refractivity contribution in [3.63, 3.8) is 0 Å². The molecule has 1 unspecified atom stereocenters. The van der Waals surface area contributed by atoms with Gasteiger partial charge in [-0.05, 0) is 12.8 Å². The van der Waals surface area contributed by atoms with Crippen molar-refractivity contribution in [1.29, 1.82) is 0 Å². The van der Waals surface area contributed by atoms with Crippen LogP contribution in [0.1, 0.15) is 38.5 Å². The Balaban J connectivity index is 1.90. The molecule has 1 saturated heterocycles. The Bertz CT molecular complexity index is 375. The minimum absolute atomic E-state index is 0.124. The van der Waals surface area contributed by atoms with E-state index in [4.69, 9.17) is 10.5 Å². The normalized spacial score (nSPS) is 24.2. The lowest BCUT2D eigenvalue weighted by Gasteiger charge is -2.34. The third kappa shape index (κ3) is 6.18. The molecule has 134 valence electrons. The predicted octanol–water partition coefficient (Wildman–Crippen LogP) is 1.88. The minimum atomic E-state index is -4.32. The van der Waals surface area contributed by atoms with Gasteiger partial charge in [0.2, 0.25) is 0 Å². The number of alkyl halides is 3. The topological polar surface area (TPSA) is 62.9 Å². The molecule has 0 bridgehead atoms. The van der Waals surface area contributed by atoms with Crippen LogP contribution in [-0.2, 0) is 4.74 Å². The summed E-state index contributed by atoms with van der Waals surface area (Å²) in [5, 5.41) is 3.09. The Morgan fingerprint density at radius 2 is 1.78 bits per heavy atom. The van der Waals surface area contributed by atoms with E-state index in [1.807, 2.05) is 0 Å². The largest absolute Gasteiger partial charge is 0.405 e. The summed E-state index contributed by atoms with van der Waals surface area (Å²) < 4.78 is 44.9. The lowest BCUT2D eigenvalue weighted by molar-refractivity contribution is -0.188. The molecule has 1 aliphatic carbocycles. The molecule has 0 radical (unpaired) electrons. The molecule has 2 fully saturated rings. The highest BCUT2D eigenvalue weighted by atomic mass is 19.4. The van der Waals surface area contributed by atoms with Gasteiger partial charge in [-0.1, -0.05) is 25.7 Å². The van der Waals surface area contributed by atoms with E-state index in [1.54, 1.807) is 0 Å². The SMILES string of the molecule is NC(=NCC(N1CCOCC1)C(F)(F)F)NC1CCCCCC1. The lowest BCUT2D eigenvalue weighted by atomic mass is 10.1. The second kappa shape index (κ2) is 8.73. The Hall–Kier alpha value is -1.02. The van der Waals surface area contributed by atoms with Gasteiger partial charge in [-0.3, -0.25) is 9.89 Å². The van der Waals surface area contributed by atoms with Gasteiger partial charge in [-0.15, -0.1) is 0 Å². The average molecular weight is 336 g/mol. The average Bonchev–Trinajstić information content (AvgIpc) is 2.76. The molecule has 0 amide bonds. The Morgan fingerprint density at radius 3 is 2.35 bits per heavy atom. The second-order valence-electron chi connectivity index (χ2n) is 6.26. The predicted molar refractivity (Wildman–Crippen MR) is 83.4 cm³/mol. The van der Waals surface area contributed by atoms with E-state index in [-0.39, 0.29) is 31.6 Å². The summed E-state index contributed by atoms with van der Waals surface area (Å²) in [4.78, 5) is 5.35. The van der Waals surface area contributed by atoms with Crippen LogP contribution in [0.4, 0.5) is 13.2 Å². The van der Waals surface area contributed by atoms with Gasteiger partial charge in [0.25, 0.3) is 0 Å². The molecular weight excluding hydrogens is 309 g/mol. The van der Waals surface area contributed by atoms with Crippen LogP contribution < -0.4 is 11.1 Å². The first kappa shape index (κ1) is 18.3. The molecule has 1 atom stereocenters. The van der Waals surface area contributed by atoms with Crippen molar-refractivity contribution >= 4 is 5.96 Å². The number of hydrogen-bond acceptors (Lipinski definition) is 3. The molecule has 23 heavy (non-hydrogen) atoms. The summed E-state index contributed by atoms with van der Waals surface area (Å²) in [6.07, 6.45) is 2.37. The molecule has 1 aliphatic heterocycles. The maximum atomic E-state index is 13.3. The molecule has 0 spiro atoms. The van der Waals surface area contributed by atoms with Crippen molar-refractivity contribution in [3.8, 4) is 0 Å². The lowest BCUT2D eigenvalue weighted by Crippen LogP contribution is -2.52. The first-order chi connectivity index (χ1) is 11.0. The number of morpholine rings is 1. The van der Waals surface area contributed by atoms with Gasteiger partial charge in [0.15, 0.2) is 5.96 Å². The summed E-state index contributed by atoms with van der Waals surface area (Å²) in [5.74, 6) is 0.124. The number of nitrogens with zero attached hydrogens (tertiary/aromatic N) is 2. The van der Waals surface area contributed by atoms with Gasteiger partial charge in [0, 0.05) is 19.1 Å². The van der Waals surface area contributed by atoms with E-state index in [2.05, 4.69) is 10.3 Å². The summed E-state index contributed by atoms with van der Waals surface area (Å²) >= 11 is 0. The van der Waals surface area contributed by atoms with E-state index >= 15 is 0 Å². The Labute approximate surface area is 135 Å². The molecule has 0 aromatic carbocycles. The Kier molecular flexibility index (Phi) is 6.95. The van der Waals surface area contributed by atoms with Crippen molar-refractivity contribution in [1.82, 2.24) is 10.2 Å². The maximum Gasteiger partial charge on any atom is 0.405 e. The van der Waals surface area contributed by atoms with E-state index in [9.17, 15) is 13.2 Å². The van der Waals surface area contributed by atoms with Crippen LogP contribution in [0.5, 0.6) is 0 Å². The number of nitrogens with two attached hydrogens (primary N) is 1. The number of rotatable bonds is 4. The molecule has 1 heterocycles. The third-order valence-corrected chi connectivity index (χ3v) is 4.51. The molecular formula is C15H27F3N4O. The quantitative estimate of drug-likeness (QED) is 0.467. The van der Waals surface area contributed by atoms with Gasteiger partial charge in [0.1, 0.15) is 6.04 Å². The van der Waals surface area contributed by atoms with Crippen molar-refractivity contribution < 1.29 is 17.9 Å². The first-order valence-corrected chi connectivity index (χ1v) is 8.42. The number of ether oxygens (including phenoxy) is 1. The summed E-state index contributed by atoms with van der Waals surface area (Å²) in [6.45, 7) is 0.832. The number of nitrogens with one attached hydrogen (secondary N) is 1. The third-order valence-electron chi connectivity index (χ3n) is 4.51. The zero-order chi connectivity index (χ0) is 16.7. The van der Waals surface area contributed by atoms with Gasteiger partial charge >= 0.3 is 6.18 Å². The van der Waals surface area contributed by atoms with Gasteiger partial charge in [-0.25, -0.2) is 0 Å². The van der Waals surface area contributed by atoms with Crippen LogP contribution in [0.3, 0.4) is 0 Å². The monoisotopic (exact) mass is 336 g/mol. The molecule has 3 N–H and O–H groups in total. The van der Waals surface area contributed by atoms with Crippen molar-refractivity contribution in [2.45, 2.75) is 56.8 Å². The summed E-state index contributed by atoms with van der Waals surface area (Å²) in [7, 11) is 0. The van der Waals surface area contributed by atoms with Crippen molar-refractivity contribution in [2.24, 2.45) is 10.7 Å². The zero-order valence-corrected chi connectivity index (χ0v) is 13.4. The van der Waals surface area contributed by atoms with Gasteiger partial charge in [-0.2, -0.15) is 13.2 Å². The molecule has 1 saturated carbocycles. The number of halogens is 3. The maximum absolute atomic E-state index is 13.3. The fraction of sp³-hybridized carbons (Fsp3) is 0.933. The number of aliphatic imine (C=N–C) groups is 1. The van der Waals surface area contributed by atoms with Crippen molar-refractivity contribution in [3.05, 3.63) is 0 Å². The highest BCUT2D eigenvalue weighted by Gasteiger charge is 2.43. The molecule has 5 nitrogen and oxygen atoms in total. The highest BCUT2D eigenvalue weighted by Crippen LogP contribution is 2.26. The molecule has 2 rings (SSSR count).